The van der Waals surface area contributed by atoms with Gasteiger partial charge >= 0.3 is 0 Å². The molecule has 1 N–H and O–H groups in total. The van der Waals surface area contributed by atoms with Crippen LogP contribution in [0.25, 0.3) is 0 Å². The Kier molecular flexibility index (Phi) is 4.04. The maximum absolute atomic E-state index is 11.1. The second-order valence-electron chi connectivity index (χ2n) is 2.74. The van der Waals surface area contributed by atoms with E-state index in [4.69, 9.17) is 4.74 Å². The Morgan fingerprint density at radius 1 is 1.50 bits per heavy atom. The second-order valence-corrected chi connectivity index (χ2v) is 2.74. The van der Waals surface area contributed by atoms with Crippen molar-refractivity contribution >= 4 is 5.91 Å². The van der Waals surface area contributed by atoms with Crippen molar-refractivity contribution in [2.75, 3.05) is 26.3 Å². The van der Waals surface area contributed by atoms with Gasteiger partial charge in [-0.2, -0.15) is 0 Å². The van der Waals surface area contributed by atoms with Gasteiger partial charge in [0.15, 0.2) is 0 Å². The summed E-state index contributed by atoms with van der Waals surface area (Å²) < 4.78 is 5.14. The predicted octanol–water partition coefficient (Wildman–Crippen LogP) is -0.0359. The van der Waals surface area contributed by atoms with Gasteiger partial charge in [0.1, 0.15) is 0 Å². The third kappa shape index (κ3) is 3.19. The quantitative estimate of drug-likeness (QED) is 0.648. The third-order valence-electron chi connectivity index (χ3n) is 1.70. The van der Waals surface area contributed by atoms with E-state index in [-0.39, 0.29) is 5.91 Å². The lowest BCUT2D eigenvalue weighted by atomic mass is 10.3. The van der Waals surface area contributed by atoms with Crippen molar-refractivity contribution in [2.24, 2.45) is 0 Å². The molecule has 12 heavy (non-hydrogen) atoms. The molecule has 1 saturated heterocycles. The van der Waals surface area contributed by atoms with Gasteiger partial charge in [0.2, 0.25) is 5.91 Å². The number of ether oxygens (including phenoxy) is 1. The molecule has 69 valence electrons. The van der Waals surface area contributed by atoms with Crippen molar-refractivity contribution < 1.29 is 9.53 Å². The number of hydrogen-bond donors (Lipinski definition) is 1. The molecule has 0 atom stereocenters. The number of hydrogen-bond acceptors (Lipinski definition) is 3. The molecule has 0 aliphatic carbocycles. The summed E-state index contributed by atoms with van der Waals surface area (Å²) in [5.74, 6) is 0.0481. The molecule has 1 rings (SSSR count). The fourth-order valence-corrected chi connectivity index (χ4v) is 1.07. The number of rotatable bonds is 3. The van der Waals surface area contributed by atoms with Crippen LogP contribution in [0.3, 0.4) is 0 Å². The lowest BCUT2D eigenvalue weighted by Crippen LogP contribution is -2.48. The van der Waals surface area contributed by atoms with E-state index in [1.165, 1.54) is 0 Å². The highest BCUT2D eigenvalue weighted by molar-refractivity contribution is 5.75. The molecular formula is C8H15N2O2. The van der Waals surface area contributed by atoms with Crippen LogP contribution in [-0.4, -0.2) is 37.2 Å². The minimum Gasteiger partial charge on any atom is -0.379 e. The first kappa shape index (κ1) is 9.48. The minimum absolute atomic E-state index is 0.0481. The van der Waals surface area contributed by atoms with Crippen LogP contribution in [0, 0.1) is 6.92 Å². The molecule has 1 heterocycles. The minimum atomic E-state index is 0.0481. The molecule has 0 aromatic rings. The molecule has 1 fully saturated rings. The van der Waals surface area contributed by atoms with Gasteiger partial charge in [-0.05, 0) is 6.42 Å². The van der Waals surface area contributed by atoms with Crippen LogP contribution in [0.1, 0.15) is 12.8 Å². The van der Waals surface area contributed by atoms with Crippen molar-refractivity contribution in [3.05, 3.63) is 6.92 Å². The number of amides is 1. The number of morpholine rings is 1. The normalized spacial score (nSPS) is 19.1. The zero-order valence-electron chi connectivity index (χ0n) is 7.21. The SMILES string of the molecule is [CH2]CCC(=O)NN1CCOCC1. The summed E-state index contributed by atoms with van der Waals surface area (Å²) in [6.45, 7) is 6.57. The average Bonchev–Trinajstić information content (AvgIpc) is 2.06. The zero-order valence-corrected chi connectivity index (χ0v) is 7.21. The highest BCUT2D eigenvalue weighted by Crippen LogP contribution is 1.93. The highest BCUT2D eigenvalue weighted by atomic mass is 16.5. The van der Waals surface area contributed by atoms with Gasteiger partial charge in [0.25, 0.3) is 0 Å². The van der Waals surface area contributed by atoms with Gasteiger partial charge in [-0.25, -0.2) is 5.01 Å². The number of carbonyl (C=O) groups excluding carboxylic acids is 1. The van der Waals surface area contributed by atoms with E-state index in [1.54, 1.807) is 0 Å². The average molecular weight is 171 g/mol. The zero-order chi connectivity index (χ0) is 8.81. The largest absolute Gasteiger partial charge is 0.379 e. The first-order valence-corrected chi connectivity index (χ1v) is 4.24. The molecule has 1 amide bonds. The lowest BCUT2D eigenvalue weighted by molar-refractivity contribution is -0.127. The van der Waals surface area contributed by atoms with E-state index in [9.17, 15) is 4.79 Å². The van der Waals surface area contributed by atoms with Crippen molar-refractivity contribution in [2.45, 2.75) is 12.8 Å². The number of carbonyl (C=O) groups is 1. The number of nitrogens with one attached hydrogen (secondary N) is 1. The van der Waals surface area contributed by atoms with Crippen LogP contribution < -0.4 is 5.43 Å². The number of nitrogens with zero attached hydrogens (tertiary/aromatic N) is 1. The van der Waals surface area contributed by atoms with E-state index >= 15 is 0 Å². The molecule has 1 aliphatic heterocycles. The molecule has 1 aliphatic rings. The fraction of sp³-hybridized carbons (Fsp3) is 0.750. The monoisotopic (exact) mass is 171 g/mol. The van der Waals surface area contributed by atoms with Crippen LogP contribution in [-0.2, 0) is 9.53 Å². The summed E-state index contributed by atoms with van der Waals surface area (Å²) in [5, 5.41) is 1.89. The first-order chi connectivity index (χ1) is 5.83. The van der Waals surface area contributed by atoms with Crippen LogP contribution in [0.5, 0.6) is 0 Å². The van der Waals surface area contributed by atoms with Crippen LogP contribution in [0.15, 0.2) is 0 Å². The molecule has 4 nitrogen and oxygen atoms in total. The summed E-state index contributed by atoms with van der Waals surface area (Å²) in [5.41, 5.74) is 2.79. The van der Waals surface area contributed by atoms with Crippen LogP contribution in [0.2, 0.25) is 0 Å². The second kappa shape index (κ2) is 5.11. The summed E-state index contributed by atoms with van der Waals surface area (Å²) in [4.78, 5) is 11.1. The Morgan fingerprint density at radius 2 is 2.17 bits per heavy atom. The van der Waals surface area contributed by atoms with E-state index in [0.29, 0.717) is 26.1 Å². The Balaban J connectivity index is 2.15. The highest BCUT2D eigenvalue weighted by Gasteiger charge is 2.11. The Hall–Kier alpha value is -0.610. The van der Waals surface area contributed by atoms with E-state index in [1.807, 2.05) is 5.01 Å². The summed E-state index contributed by atoms with van der Waals surface area (Å²) >= 11 is 0. The Labute approximate surface area is 72.8 Å². The maximum Gasteiger partial charge on any atom is 0.234 e. The predicted molar refractivity (Wildman–Crippen MR) is 45.1 cm³/mol. The molecular weight excluding hydrogens is 156 g/mol. The molecule has 0 spiro atoms. The smallest absolute Gasteiger partial charge is 0.234 e. The topological polar surface area (TPSA) is 41.6 Å². The maximum atomic E-state index is 11.1. The summed E-state index contributed by atoms with van der Waals surface area (Å²) in [6.07, 6.45) is 1.15. The molecule has 1 radical (unpaired) electrons. The molecule has 0 bridgehead atoms. The van der Waals surface area contributed by atoms with Crippen molar-refractivity contribution in [3.63, 3.8) is 0 Å². The van der Waals surface area contributed by atoms with Crippen molar-refractivity contribution in [3.8, 4) is 0 Å². The van der Waals surface area contributed by atoms with E-state index < -0.39 is 0 Å². The van der Waals surface area contributed by atoms with E-state index in [0.717, 1.165) is 13.1 Å². The molecule has 4 heteroatoms. The molecule has 0 aromatic carbocycles. The molecule has 0 aromatic heterocycles. The molecule has 0 saturated carbocycles. The van der Waals surface area contributed by atoms with E-state index in [2.05, 4.69) is 12.3 Å². The van der Waals surface area contributed by atoms with Gasteiger partial charge in [-0.1, -0.05) is 6.92 Å². The van der Waals surface area contributed by atoms with Crippen molar-refractivity contribution in [1.82, 2.24) is 10.4 Å². The van der Waals surface area contributed by atoms with Gasteiger partial charge in [0, 0.05) is 19.5 Å². The Morgan fingerprint density at radius 3 is 2.75 bits per heavy atom. The Bertz CT molecular complexity index is 144. The summed E-state index contributed by atoms with van der Waals surface area (Å²) in [7, 11) is 0. The van der Waals surface area contributed by atoms with Crippen LogP contribution >= 0.6 is 0 Å². The standard InChI is InChI=1S/C8H15N2O2/c1-2-3-8(11)9-10-4-6-12-7-5-10/h1-7H2,(H,9,11). The number of hydrazine groups is 1. The van der Waals surface area contributed by atoms with Gasteiger partial charge in [0.05, 0.1) is 13.2 Å². The lowest BCUT2D eigenvalue weighted by Gasteiger charge is -2.26. The first-order valence-electron chi connectivity index (χ1n) is 4.24. The van der Waals surface area contributed by atoms with Crippen LogP contribution in [0.4, 0.5) is 0 Å². The van der Waals surface area contributed by atoms with Crippen molar-refractivity contribution in [1.29, 1.82) is 0 Å². The van der Waals surface area contributed by atoms with Gasteiger partial charge in [-0.3, -0.25) is 10.2 Å². The molecule has 0 unspecified atom stereocenters. The summed E-state index contributed by atoms with van der Waals surface area (Å²) in [6, 6.07) is 0. The van der Waals surface area contributed by atoms with Gasteiger partial charge < -0.3 is 4.74 Å². The third-order valence-corrected chi connectivity index (χ3v) is 1.70. The fourth-order valence-electron chi connectivity index (χ4n) is 1.07. The van der Waals surface area contributed by atoms with Gasteiger partial charge in [-0.15, -0.1) is 0 Å².